The summed E-state index contributed by atoms with van der Waals surface area (Å²) in [6.45, 7) is 1.91. The van der Waals surface area contributed by atoms with Gasteiger partial charge in [-0.25, -0.2) is 0 Å². The topological polar surface area (TPSA) is 60.7 Å². The van der Waals surface area contributed by atoms with Crippen LogP contribution in [0, 0.1) is 10.5 Å². The molecule has 30 heavy (non-hydrogen) atoms. The number of alkyl halides is 3. The SMILES string of the molecule is Cc1cc(I)c(CC2=CC=C(CC(F)(F)F)CC2)cc1C1S[C@H](CO)C[C@H](O)[C@H]1O. The molecule has 0 aromatic heterocycles. The van der Waals surface area contributed by atoms with Crippen LogP contribution in [0.15, 0.2) is 35.4 Å². The average Bonchev–Trinajstić information content (AvgIpc) is 2.66. The number of aliphatic hydroxyl groups excluding tert-OH is 3. The zero-order valence-electron chi connectivity index (χ0n) is 16.6. The maximum absolute atomic E-state index is 12.6. The van der Waals surface area contributed by atoms with Crippen molar-refractivity contribution in [1.29, 1.82) is 0 Å². The third-order valence-corrected chi connectivity index (χ3v) is 8.22. The van der Waals surface area contributed by atoms with Crippen LogP contribution in [0.25, 0.3) is 0 Å². The van der Waals surface area contributed by atoms with Crippen LogP contribution >= 0.6 is 34.4 Å². The number of allylic oxidation sites excluding steroid dienone is 4. The maximum atomic E-state index is 12.6. The van der Waals surface area contributed by atoms with E-state index < -0.39 is 24.8 Å². The summed E-state index contributed by atoms with van der Waals surface area (Å²) < 4.78 is 38.8. The standard InChI is InChI=1S/C22H26F3IO3S/c1-12-6-18(26)15(7-13-2-4-14(5-3-13)10-22(23,24)25)8-17(12)21-20(29)19(28)9-16(11-27)30-21/h2,4,6,8,16,19-21,27-29H,3,5,7,9-11H2,1H3/t16-,19-,20+,21?/m0/s1. The zero-order chi connectivity index (χ0) is 22.1. The molecule has 2 aliphatic rings. The van der Waals surface area contributed by atoms with Gasteiger partial charge >= 0.3 is 6.18 Å². The Labute approximate surface area is 192 Å². The lowest BCUT2D eigenvalue weighted by atomic mass is 9.90. The zero-order valence-corrected chi connectivity index (χ0v) is 19.6. The molecule has 1 aliphatic carbocycles. The van der Waals surface area contributed by atoms with E-state index in [1.165, 1.54) is 11.8 Å². The highest BCUT2D eigenvalue weighted by Crippen LogP contribution is 2.44. The second-order valence-electron chi connectivity index (χ2n) is 8.07. The van der Waals surface area contributed by atoms with Gasteiger partial charge in [0.15, 0.2) is 0 Å². The van der Waals surface area contributed by atoms with Gasteiger partial charge in [-0.3, -0.25) is 0 Å². The third kappa shape index (κ3) is 6.03. The Kier molecular flexibility index (Phi) is 7.98. The smallest absolute Gasteiger partial charge is 0.392 e. The normalized spacial score (nSPS) is 27.6. The van der Waals surface area contributed by atoms with Gasteiger partial charge in [-0.05, 0) is 78.0 Å². The van der Waals surface area contributed by atoms with E-state index in [0.29, 0.717) is 31.3 Å². The van der Waals surface area contributed by atoms with E-state index in [4.69, 9.17) is 0 Å². The van der Waals surface area contributed by atoms with E-state index in [0.717, 1.165) is 25.8 Å². The van der Waals surface area contributed by atoms with Gasteiger partial charge in [0, 0.05) is 8.82 Å². The second kappa shape index (κ2) is 9.94. The molecule has 1 unspecified atom stereocenters. The predicted octanol–water partition coefficient (Wildman–Crippen LogP) is 5.00. The largest absolute Gasteiger partial charge is 0.395 e. The predicted molar refractivity (Wildman–Crippen MR) is 122 cm³/mol. The van der Waals surface area contributed by atoms with Gasteiger partial charge in [-0.2, -0.15) is 13.2 Å². The molecule has 1 fully saturated rings. The Bertz CT molecular complexity index is 838. The van der Waals surface area contributed by atoms with Crippen LogP contribution in [0.4, 0.5) is 13.2 Å². The molecule has 4 atom stereocenters. The molecule has 8 heteroatoms. The van der Waals surface area contributed by atoms with Gasteiger partial charge in [0.2, 0.25) is 0 Å². The van der Waals surface area contributed by atoms with E-state index in [2.05, 4.69) is 22.6 Å². The summed E-state index contributed by atoms with van der Waals surface area (Å²) in [4.78, 5) is 0. The van der Waals surface area contributed by atoms with E-state index in [9.17, 15) is 28.5 Å². The Balaban J connectivity index is 1.82. The molecule has 0 spiro atoms. The number of hydrogen-bond donors (Lipinski definition) is 3. The van der Waals surface area contributed by atoms with Gasteiger partial charge in [-0.1, -0.05) is 29.4 Å². The van der Waals surface area contributed by atoms with Crippen molar-refractivity contribution in [2.45, 2.75) is 67.9 Å². The van der Waals surface area contributed by atoms with E-state index in [1.807, 2.05) is 19.1 Å². The lowest BCUT2D eigenvalue weighted by Gasteiger charge is -2.37. The summed E-state index contributed by atoms with van der Waals surface area (Å²) >= 11 is 3.75. The van der Waals surface area contributed by atoms with Crippen LogP contribution in [0.1, 0.15) is 47.6 Å². The molecule has 3 nitrogen and oxygen atoms in total. The van der Waals surface area contributed by atoms with Crippen molar-refractivity contribution in [3.05, 3.63) is 55.7 Å². The lowest BCUT2D eigenvalue weighted by molar-refractivity contribution is -0.127. The van der Waals surface area contributed by atoms with Crippen molar-refractivity contribution in [2.24, 2.45) is 0 Å². The minimum absolute atomic E-state index is 0.0549. The first-order valence-corrected chi connectivity index (χ1v) is 11.9. The molecule has 0 bridgehead atoms. The molecule has 1 saturated heterocycles. The minimum Gasteiger partial charge on any atom is -0.395 e. The first-order chi connectivity index (χ1) is 14.1. The molecule has 3 N–H and O–H groups in total. The summed E-state index contributed by atoms with van der Waals surface area (Å²) in [5, 5.41) is 29.9. The van der Waals surface area contributed by atoms with Crippen molar-refractivity contribution in [1.82, 2.24) is 0 Å². The summed E-state index contributed by atoms with van der Waals surface area (Å²) in [6.07, 6.45) is -1.40. The van der Waals surface area contributed by atoms with Crippen LogP contribution in [-0.4, -0.2) is 45.6 Å². The van der Waals surface area contributed by atoms with Crippen molar-refractivity contribution in [3.8, 4) is 0 Å². The van der Waals surface area contributed by atoms with Gasteiger partial charge in [0.1, 0.15) is 0 Å². The molecule has 1 aromatic carbocycles. The number of hydrogen-bond acceptors (Lipinski definition) is 4. The highest BCUT2D eigenvalue weighted by atomic mass is 127. The number of aliphatic hydroxyl groups is 3. The fourth-order valence-corrected chi connectivity index (χ4v) is 6.39. The Morgan fingerprint density at radius 2 is 1.80 bits per heavy atom. The molecule has 166 valence electrons. The summed E-state index contributed by atoms with van der Waals surface area (Å²) in [7, 11) is 0. The van der Waals surface area contributed by atoms with Crippen molar-refractivity contribution in [2.75, 3.05) is 6.61 Å². The van der Waals surface area contributed by atoms with E-state index in [-0.39, 0.29) is 17.1 Å². The Morgan fingerprint density at radius 1 is 1.13 bits per heavy atom. The van der Waals surface area contributed by atoms with Gasteiger partial charge in [0.05, 0.1) is 30.5 Å². The minimum atomic E-state index is -4.17. The molecule has 1 aromatic rings. The molecular formula is C22H26F3IO3S. The number of aryl methyl sites for hydroxylation is 1. The number of thioether (sulfide) groups is 1. The summed E-state index contributed by atoms with van der Waals surface area (Å²) in [5.74, 6) is 0. The summed E-state index contributed by atoms with van der Waals surface area (Å²) in [5.41, 5.74) is 4.50. The van der Waals surface area contributed by atoms with Crippen LogP contribution in [0.5, 0.6) is 0 Å². The van der Waals surface area contributed by atoms with Crippen molar-refractivity contribution < 1.29 is 28.5 Å². The highest BCUT2D eigenvalue weighted by Gasteiger charge is 2.38. The van der Waals surface area contributed by atoms with Gasteiger partial charge < -0.3 is 15.3 Å². The number of halogens is 4. The van der Waals surface area contributed by atoms with Gasteiger partial charge in [-0.15, -0.1) is 11.8 Å². The van der Waals surface area contributed by atoms with Crippen LogP contribution in [0.3, 0.4) is 0 Å². The second-order valence-corrected chi connectivity index (χ2v) is 10.7. The molecule has 1 aliphatic heterocycles. The van der Waals surface area contributed by atoms with Crippen LogP contribution < -0.4 is 0 Å². The van der Waals surface area contributed by atoms with Crippen LogP contribution in [-0.2, 0) is 6.42 Å². The molecule has 0 amide bonds. The maximum Gasteiger partial charge on any atom is 0.392 e. The molecule has 1 heterocycles. The summed E-state index contributed by atoms with van der Waals surface area (Å²) in [6, 6.07) is 4.09. The molecule has 0 saturated carbocycles. The number of rotatable bonds is 5. The van der Waals surface area contributed by atoms with Gasteiger partial charge in [0.25, 0.3) is 0 Å². The third-order valence-electron chi connectivity index (χ3n) is 5.66. The van der Waals surface area contributed by atoms with Crippen molar-refractivity contribution in [3.63, 3.8) is 0 Å². The lowest BCUT2D eigenvalue weighted by Crippen LogP contribution is -2.39. The molecule has 3 rings (SSSR count). The average molecular weight is 554 g/mol. The molecule has 0 radical (unpaired) electrons. The Hall–Kier alpha value is -0.550. The number of benzene rings is 1. The fraction of sp³-hybridized carbons (Fsp3) is 0.545. The Morgan fingerprint density at radius 3 is 2.40 bits per heavy atom. The molecular weight excluding hydrogens is 528 g/mol. The van der Waals surface area contributed by atoms with Crippen LogP contribution in [0.2, 0.25) is 0 Å². The first-order valence-electron chi connectivity index (χ1n) is 9.93. The monoisotopic (exact) mass is 554 g/mol. The quantitative estimate of drug-likeness (QED) is 0.449. The van der Waals surface area contributed by atoms with E-state index >= 15 is 0 Å². The van der Waals surface area contributed by atoms with E-state index in [1.54, 1.807) is 12.2 Å². The first kappa shape index (κ1) is 24.1. The fourth-order valence-electron chi connectivity index (χ4n) is 4.03. The van der Waals surface area contributed by atoms with Crippen molar-refractivity contribution >= 4 is 34.4 Å². The highest BCUT2D eigenvalue weighted by molar-refractivity contribution is 14.1.